The highest BCUT2D eigenvalue weighted by atomic mass is 16.5. The van der Waals surface area contributed by atoms with Gasteiger partial charge in [-0.3, -0.25) is 9.78 Å². The van der Waals surface area contributed by atoms with Crippen LogP contribution in [0.4, 0.5) is 0 Å². The Hall–Kier alpha value is -1.49. The van der Waals surface area contributed by atoms with Gasteiger partial charge in [-0.05, 0) is 12.8 Å². The molecule has 0 saturated heterocycles. The Morgan fingerprint density at radius 2 is 2.11 bits per heavy atom. The zero-order valence-electron chi connectivity index (χ0n) is 11.5. The molecule has 0 spiro atoms. The largest absolute Gasteiger partial charge is 0.383 e. The van der Waals surface area contributed by atoms with Crippen molar-refractivity contribution in [2.45, 2.75) is 20.8 Å². The number of ether oxygens (including phenoxy) is 1. The fraction of sp³-hybridized carbons (Fsp3) is 0.615. The Morgan fingerprint density at radius 3 is 2.61 bits per heavy atom. The molecule has 0 radical (unpaired) electrons. The first-order valence-corrected chi connectivity index (χ1v) is 6.11. The van der Waals surface area contributed by atoms with Crippen molar-refractivity contribution < 1.29 is 9.53 Å². The van der Waals surface area contributed by atoms with Crippen LogP contribution in [-0.4, -0.2) is 47.6 Å². The third kappa shape index (κ3) is 4.41. The summed E-state index contributed by atoms with van der Waals surface area (Å²) in [6.07, 6.45) is 3.13. The third-order valence-electron chi connectivity index (χ3n) is 2.44. The average molecular weight is 251 g/mol. The first-order chi connectivity index (χ1) is 8.54. The Labute approximate surface area is 108 Å². The molecule has 1 amide bonds. The standard InChI is InChI=1S/C13H21N3O2/c1-10(2)9-16(5-6-18-4)13(17)12-8-14-11(3)7-15-12/h7-8,10H,5-6,9H2,1-4H3. The smallest absolute Gasteiger partial charge is 0.274 e. The van der Waals surface area contributed by atoms with Crippen molar-refractivity contribution in [1.82, 2.24) is 14.9 Å². The van der Waals surface area contributed by atoms with Gasteiger partial charge in [0.1, 0.15) is 5.69 Å². The summed E-state index contributed by atoms with van der Waals surface area (Å²) in [7, 11) is 1.63. The molecule has 1 aromatic heterocycles. The summed E-state index contributed by atoms with van der Waals surface area (Å²) in [5.74, 6) is 0.317. The molecule has 0 aliphatic rings. The molecule has 5 heteroatoms. The summed E-state index contributed by atoms with van der Waals surface area (Å²) < 4.78 is 5.03. The number of hydrogen-bond acceptors (Lipinski definition) is 4. The maximum absolute atomic E-state index is 12.3. The second-order valence-corrected chi connectivity index (χ2v) is 4.68. The molecular formula is C13H21N3O2. The summed E-state index contributed by atoms with van der Waals surface area (Å²) >= 11 is 0. The van der Waals surface area contributed by atoms with Crippen LogP contribution >= 0.6 is 0 Å². The van der Waals surface area contributed by atoms with Gasteiger partial charge in [-0.15, -0.1) is 0 Å². The zero-order valence-corrected chi connectivity index (χ0v) is 11.5. The van der Waals surface area contributed by atoms with Gasteiger partial charge in [-0.25, -0.2) is 4.98 Å². The van der Waals surface area contributed by atoms with Crippen LogP contribution < -0.4 is 0 Å². The maximum Gasteiger partial charge on any atom is 0.274 e. The van der Waals surface area contributed by atoms with Crippen LogP contribution in [-0.2, 0) is 4.74 Å². The van der Waals surface area contributed by atoms with Crippen molar-refractivity contribution in [2.75, 3.05) is 26.8 Å². The van der Waals surface area contributed by atoms with Crippen molar-refractivity contribution in [3.8, 4) is 0 Å². The molecule has 0 saturated carbocycles. The number of hydrogen-bond donors (Lipinski definition) is 0. The van der Waals surface area contributed by atoms with Gasteiger partial charge in [-0.1, -0.05) is 13.8 Å². The summed E-state index contributed by atoms with van der Waals surface area (Å²) in [5, 5.41) is 0. The van der Waals surface area contributed by atoms with Crippen LogP contribution in [0.1, 0.15) is 30.0 Å². The molecule has 0 aliphatic heterocycles. The summed E-state index contributed by atoms with van der Waals surface area (Å²) in [6.45, 7) is 7.79. The molecule has 0 bridgehead atoms. The lowest BCUT2D eigenvalue weighted by atomic mass is 10.2. The Kier molecular flexibility index (Phi) is 5.71. The van der Waals surface area contributed by atoms with E-state index >= 15 is 0 Å². The van der Waals surface area contributed by atoms with Gasteiger partial charge in [0.15, 0.2) is 0 Å². The Balaban J connectivity index is 2.77. The molecule has 0 fully saturated rings. The van der Waals surface area contributed by atoms with Crippen LogP contribution in [0.25, 0.3) is 0 Å². The van der Waals surface area contributed by atoms with Crippen molar-refractivity contribution in [3.63, 3.8) is 0 Å². The van der Waals surface area contributed by atoms with Crippen LogP contribution in [0.3, 0.4) is 0 Å². The molecule has 100 valence electrons. The number of aryl methyl sites for hydroxylation is 1. The number of nitrogens with zero attached hydrogens (tertiary/aromatic N) is 3. The van der Waals surface area contributed by atoms with Crippen molar-refractivity contribution >= 4 is 5.91 Å². The van der Waals surface area contributed by atoms with E-state index in [4.69, 9.17) is 4.74 Å². The molecule has 1 heterocycles. The van der Waals surface area contributed by atoms with E-state index in [1.807, 2.05) is 6.92 Å². The molecule has 0 atom stereocenters. The average Bonchev–Trinajstić information content (AvgIpc) is 2.34. The minimum absolute atomic E-state index is 0.0896. The first-order valence-electron chi connectivity index (χ1n) is 6.11. The summed E-state index contributed by atoms with van der Waals surface area (Å²) in [5.41, 5.74) is 1.19. The topological polar surface area (TPSA) is 55.3 Å². The summed E-state index contributed by atoms with van der Waals surface area (Å²) in [6, 6.07) is 0. The van der Waals surface area contributed by atoms with Gasteiger partial charge >= 0.3 is 0 Å². The predicted octanol–water partition coefficient (Wildman–Crippen LogP) is 1.53. The minimum atomic E-state index is -0.0896. The minimum Gasteiger partial charge on any atom is -0.383 e. The van der Waals surface area contributed by atoms with E-state index < -0.39 is 0 Å². The van der Waals surface area contributed by atoms with Crippen molar-refractivity contribution in [1.29, 1.82) is 0 Å². The van der Waals surface area contributed by atoms with Crippen molar-refractivity contribution in [2.24, 2.45) is 5.92 Å². The van der Waals surface area contributed by atoms with E-state index in [-0.39, 0.29) is 5.91 Å². The number of methoxy groups -OCH3 is 1. The molecule has 0 unspecified atom stereocenters. The Morgan fingerprint density at radius 1 is 1.39 bits per heavy atom. The normalized spacial score (nSPS) is 10.7. The fourth-order valence-electron chi connectivity index (χ4n) is 1.58. The second kappa shape index (κ2) is 7.06. The molecule has 0 aromatic carbocycles. The highest BCUT2D eigenvalue weighted by Crippen LogP contribution is 2.05. The van der Waals surface area contributed by atoms with Gasteiger partial charge in [0.05, 0.1) is 18.5 Å². The third-order valence-corrected chi connectivity index (χ3v) is 2.44. The zero-order chi connectivity index (χ0) is 13.5. The van der Waals surface area contributed by atoms with Crippen LogP contribution in [0.15, 0.2) is 12.4 Å². The molecule has 0 N–H and O–H groups in total. The number of carbonyl (C=O) groups excluding carboxylic acids is 1. The van der Waals surface area contributed by atoms with Crippen LogP contribution in [0.5, 0.6) is 0 Å². The first kappa shape index (κ1) is 14.6. The molecule has 1 rings (SSSR count). The van der Waals surface area contributed by atoms with Gasteiger partial charge < -0.3 is 9.64 Å². The van der Waals surface area contributed by atoms with Crippen LogP contribution in [0.2, 0.25) is 0 Å². The van der Waals surface area contributed by atoms with Crippen LogP contribution in [0, 0.1) is 12.8 Å². The quantitative estimate of drug-likeness (QED) is 0.769. The number of rotatable bonds is 6. The van der Waals surface area contributed by atoms with E-state index in [1.54, 1.807) is 18.2 Å². The van der Waals surface area contributed by atoms with Gasteiger partial charge in [-0.2, -0.15) is 0 Å². The molecule has 18 heavy (non-hydrogen) atoms. The lowest BCUT2D eigenvalue weighted by molar-refractivity contribution is 0.0666. The maximum atomic E-state index is 12.3. The lowest BCUT2D eigenvalue weighted by Crippen LogP contribution is -2.37. The number of amides is 1. The van der Waals surface area contributed by atoms with Gasteiger partial charge in [0.2, 0.25) is 0 Å². The summed E-state index contributed by atoms with van der Waals surface area (Å²) in [4.78, 5) is 22.2. The molecular weight excluding hydrogens is 230 g/mol. The van der Waals surface area contributed by atoms with E-state index in [1.165, 1.54) is 6.20 Å². The fourth-order valence-corrected chi connectivity index (χ4v) is 1.58. The highest BCUT2D eigenvalue weighted by molar-refractivity contribution is 5.92. The number of aromatic nitrogens is 2. The predicted molar refractivity (Wildman–Crippen MR) is 69.4 cm³/mol. The Bertz CT molecular complexity index is 376. The van der Waals surface area contributed by atoms with E-state index in [2.05, 4.69) is 23.8 Å². The van der Waals surface area contributed by atoms with E-state index in [9.17, 15) is 4.79 Å². The monoisotopic (exact) mass is 251 g/mol. The highest BCUT2D eigenvalue weighted by Gasteiger charge is 2.18. The molecule has 0 aliphatic carbocycles. The van der Waals surface area contributed by atoms with E-state index in [0.29, 0.717) is 31.3 Å². The molecule has 1 aromatic rings. The lowest BCUT2D eigenvalue weighted by Gasteiger charge is -2.23. The second-order valence-electron chi connectivity index (χ2n) is 4.68. The SMILES string of the molecule is COCCN(CC(C)C)C(=O)c1cnc(C)cn1. The molecule has 5 nitrogen and oxygen atoms in total. The van der Waals surface area contributed by atoms with Gasteiger partial charge in [0, 0.05) is 26.4 Å². The van der Waals surface area contributed by atoms with E-state index in [0.717, 1.165) is 5.69 Å². The van der Waals surface area contributed by atoms with Crippen molar-refractivity contribution in [3.05, 3.63) is 23.8 Å². The number of carbonyl (C=O) groups is 1. The van der Waals surface area contributed by atoms with Gasteiger partial charge in [0.25, 0.3) is 5.91 Å².